The number of hydrogen-bond acceptors (Lipinski definition) is 4. The fraction of sp³-hybridized carbons (Fsp3) is 1.00. The lowest BCUT2D eigenvalue weighted by atomic mass is 10.6. The van der Waals surface area contributed by atoms with Gasteiger partial charge in [0.1, 0.15) is 6.54 Å². The summed E-state index contributed by atoms with van der Waals surface area (Å²) in [5.41, 5.74) is 0. The van der Waals surface area contributed by atoms with Crippen molar-refractivity contribution in [3.8, 4) is 0 Å². The summed E-state index contributed by atoms with van der Waals surface area (Å²) in [6.45, 7) is 0.297. The zero-order chi connectivity index (χ0) is 7.98. The van der Waals surface area contributed by atoms with Crippen molar-refractivity contribution in [1.29, 1.82) is 0 Å². The van der Waals surface area contributed by atoms with Gasteiger partial charge in [-0.25, -0.2) is 0 Å². The first-order chi connectivity index (χ1) is 4.66. The minimum atomic E-state index is -0.516. The van der Waals surface area contributed by atoms with Crippen LogP contribution in [0.2, 0.25) is 0 Å². The van der Waals surface area contributed by atoms with Crippen LogP contribution in [0.5, 0.6) is 0 Å². The predicted octanol–water partition coefficient (Wildman–Crippen LogP) is -3.13. The highest BCUT2D eigenvalue weighted by Gasteiger charge is 1.98. The van der Waals surface area contributed by atoms with Crippen molar-refractivity contribution in [3.05, 3.63) is 10.4 Å². The van der Waals surface area contributed by atoms with Gasteiger partial charge in [-0.15, -0.1) is 0 Å². The summed E-state index contributed by atoms with van der Waals surface area (Å²) in [5.74, 6) is 0. The van der Waals surface area contributed by atoms with Crippen LogP contribution in [0.15, 0.2) is 0 Å². The molecule has 2 atom stereocenters. The molecule has 0 aliphatic rings. The van der Waals surface area contributed by atoms with Crippen LogP contribution in [-0.4, -0.2) is 27.2 Å². The van der Waals surface area contributed by atoms with Crippen molar-refractivity contribution < 1.29 is 20.2 Å². The number of rotatable bonds is 5. The van der Waals surface area contributed by atoms with Gasteiger partial charge in [-0.2, -0.15) is 10.1 Å². The smallest absolute Gasteiger partial charge is 0.159 e. The molecular formula is C4H12N2O4. The van der Waals surface area contributed by atoms with E-state index in [-0.39, 0.29) is 18.2 Å². The topological polar surface area (TPSA) is 73.5 Å². The Morgan fingerprint density at radius 2 is 1.90 bits per heavy atom. The normalized spacial score (nSPS) is 16.8. The Hall–Kier alpha value is -0.240. The predicted molar refractivity (Wildman–Crippen MR) is 32.4 cm³/mol. The van der Waals surface area contributed by atoms with Gasteiger partial charge in [-0.3, -0.25) is 0 Å². The van der Waals surface area contributed by atoms with Crippen LogP contribution in [0.1, 0.15) is 0 Å². The highest BCUT2D eigenvalue weighted by molar-refractivity contribution is 4.18. The fourth-order valence-electron chi connectivity index (χ4n) is 0.413. The average molecular weight is 152 g/mol. The van der Waals surface area contributed by atoms with Gasteiger partial charge in [0.25, 0.3) is 0 Å². The van der Waals surface area contributed by atoms with Crippen molar-refractivity contribution in [2.75, 3.05) is 27.2 Å². The van der Waals surface area contributed by atoms with E-state index in [1.165, 1.54) is 14.2 Å². The molecule has 10 heavy (non-hydrogen) atoms. The zero-order valence-corrected chi connectivity index (χ0v) is 6.05. The summed E-state index contributed by atoms with van der Waals surface area (Å²) < 4.78 is 0. The molecule has 0 aliphatic carbocycles. The molecule has 0 bridgehead atoms. The highest BCUT2D eigenvalue weighted by atomic mass is 17.3. The van der Waals surface area contributed by atoms with Crippen LogP contribution in [0.25, 0.3) is 0 Å². The standard InChI is InChI=1S/C4H12N2O4/c1-5(7)3-4-6(8)10-9-2/h5-6H,3-4H2,1-2H3. The molecule has 0 fully saturated rings. The van der Waals surface area contributed by atoms with E-state index in [0.29, 0.717) is 0 Å². The number of nitrogens with one attached hydrogen (secondary N) is 2. The summed E-state index contributed by atoms with van der Waals surface area (Å²) in [7, 11) is 2.66. The summed E-state index contributed by atoms with van der Waals surface area (Å²) >= 11 is 0. The van der Waals surface area contributed by atoms with E-state index < -0.39 is 5.23 Å². The van der Waals surface area contributed by atoms with E-state index in [1.54, 1.807) is 0 Å². The fourth-order valence-corrected chi connectivity index (χ4v) is 0.413. The Morgan fingerprint density at radius 1 is 1.30 bits per heavy atom. The van der Waals surface area contributed by atoms with Crippen molar-refractivity contribution >= 4 is 0 Å². The third-order valence-electron chi connectivity index (χ3n) is 0.857. The molecule has 0 aromatic carbocycles. The first kappa shape index (κ1) is 9.76. The monoisotopic (exact) mass is 152 g/mol. The SMILES string of the molecule is COO[NH+]([O-])CC[NH+](C)[O-]. The lowest BCUT2D eigenvalue weighted by Gasteiger charge is -2.20. The van der Waals surface area contributed by atoms with E-state index in [4.69, 9.17) is 0 Å². The largest absolute Gasteiger partial charge is 0.634 e. The summed E-state index contributed by atoms with van der Waals surface area (Å²) in [5, 5.41) is 20.2. The van der Waals surface area contributed by atoms with Crippen molar-refractivity contribution in [2.45, 2.75) is 0 Å². The van der Waals surface area contributed by atoms with Crippen LogP contribution in [0.4, 0.5) is 0 Å². The lowest BCUT2D eigenvalue weighted by molar-refractivity contribution is -1.11. The van der Waals surface area contributed by atoms with Gasteiger partial charge in [0.15, 0.2) is 6.54 Å². The average Bonchev–Trinajstić information content (AvgIpc) is 1.85. The van der Waals surface area contributed by atoms with Crippen LogP contribution < -0.4 is 10.3 Å². The number of hydroxylamine groups is 4. The maximum absolute atomic E-state index is 10.4. The summed E-state index contributed by atoms with van der Waals surface area (Å²) in [6, 6.07) is 0. The van der Waals surface area contributed by atoms with E-state index >= 15 is 0 Å². The van der Waals surface area contributed by atoms with Crippen molar-refractivity contribution in [2.24, 2.45) is 0 Å². The maximum atomic E-state index is 10.4. The highest BCUT2D eigenvalue weighted by Crippen LogP contribution is 1.52. The third-order valence-corrected chi connectivity index (χ3v) is 0.857. The van der Waals surface area contributed by atoms with Gasteiger partial charge >= 0.3 is 0 Å². The molecule has 2 N–H and O–H groups in total. The molecule has 0 aliphatic heterocycles. The first-order valence-electron chi connectivity index (χ1n) is 2.89. The Labute approximate surface area is 59.0 Å². The first-order valence-corrected chi connectivity index (χ1v) is 2.89. The second kappa shape index (κ2) is 5.54. The molecule has 0 aromatic heterocycles. The Kier molecular flexibility index (Phi) is 5.40. The third kappa shape index (κ3) is 5.89. The summed E-state index contributed by atoms with van der Waals surface area (Å²) in [4.78, 5) is 8.18. The van der Waals surface area contributed by atoms with Gasteiger partial charge < -0.3 is 15.5 Å². The molecule has 0 amide bonds. The lowest BCUT2D eigenvalue weighted by Crippen LogP contribution is -3.14. The second-order valence-corrected chi connectivity index (χ2v) is 1.82. The van der Waals surface area contributed by atoms with Crippen molar-refractivity contribution in [3.63, 3.8) is 0 Å². The summed E-state index contributed by atoms with van der Waals surface area (Å²) in [6.07, 6.45) is 0. The van der Waals surface area contributed by atoms with Gasteiger partial charge in [0.2, 0.25) is 0 Å². The maximum Gasteiger partial charge on any atom is 0.159 e. The quantitative estimate of drug-likeness (QED) is 0.323. The van der Waals surface area contributed by atoms with Gasteiger partial charge in [-0.05, 0) is 4.99 Å². The molecule has 6 nitrogen and oxygen atoms in total. The van der Waals surface area contributed by atoms with E-state index in [2.05, 4.69) is 9.88 Å². The van der Waals surface area contributed by atoms with E-state index in [9.17, 15) is 10.4 Å². The molecule has 0 spiro atoms. The molecule has 0 heterocycles. The molecule has 62 valence electrons. The van der Waals surface area contributed by atoms with Crippen molar-refractivity contribution in [1.82, 2.24) is 0 Å². The number of hydrogen-bond donors (Lipinski definition) is 2. The molecule has 0 saturated heterocycles. The van der Waals surface area contributed by atoms with Crippen LogP contribution in [0, 0.1) is 10.4 Å². The molecule has 0 saturated carbocycles. The van der Waals surface area contributed by atoms with Gasteiger partial charge in [-0.1, -0.05) is 0 Å². The minimum Gasteiger partial charge on any atom is -0.634 e. The second-order valence-electron chi connectivity index (χ2n) is 1.82. The van der Waals surface area contributed by atoms with Crippen LogP contribution >= 0.6 is 0 Å². The Bertz CT molecular complexity index is 79.7. The number of quaternary nitrogens is 2. The Morgan fingerprint density at radius 3 is 2.30 bits per heavy atom. The Balaban J connectivity index is 3.12. The molecule has 0 radical (unpaired) electrons. The molecule has 2 unspecified atom stereocenters. The van der Waals surface area contributed by atoms with Crippen LogP contribution in [-0.2, 0) is 9.88 Å². The molecular weight excluding hydrogens is 140 g/mol. The zero-order valence-electron chi connectivity index (χ0n) is 6.05. The van der Waals surface area contributed by atoms with E-state index in [0.717, 1.165) is 0 Å². The molecule has 0 aromatic rings. The minimum absolute atomic E-state index is 0.0342. The van der Waals surface area contributed by atoms with Crippen LogP contribution in [0.3, 0.4) is 0 Å². The van der Waals surface area contributed by atoms with E-state index in [1.807, 2.05) is 0 Å². The molecule has 0 rings (SSSR count). The van der Waals surface area contributed by atoms with Gasteiger partial charge in [0.05, 0.1) is 14.2 Å². The molecule has 6 heteroatoms. The van der Waals surface area contributed by atoms with Gasteiger partial charge in [0, 0.05) is 0 Å². The number of likely N-dealkylation sites (N-methyl/N-ethyl adjacent to an activating group) is 1.